The van der Waals surface area contributed by atoms with Gasteiger partial charge in [0.2, 0.25) is 5.91 Å². The van der Waals surface area contributed by atoms with Crippen LogP contribution in [0.4, 0.5) is 5.69 Å². The van der Waals surface area contributed by atoms with Crippen LogP contribution in [0.2, 0.25) is 0 Å². The molecule has 2 rings (SSSR count). The Labute approximate surface area is 108 Å². The number of benzene rings is 1. The predicted octanol–water partition coefficient (Wildman–Crippen LogP) is 2.33. The van der Waals surface area contributed by atoms with Crippen LogP contribution in [0.25, 0.3) is 0 Å². The van der Waals surface area contributed by atoms with Gasteiger partial charge in [-0.15, -0.1) is 0 Å². The highest BCUT2D eigenvalue weighted by Crippen LogP contribution is 2.27. The van der Waals surface area contributed by atoms with Gasteiger partial charge in [0.15, 0.2) is 0 Å². The van der Waals surface area contributed by atoms with Crippen molar-refractivity contribution in [1.82, 2.24) is 4.90 Å². The van der Waals surface area contributed by atoms with Crippen molar-refractivity contribution < 1.29 is 4.79 Å². The van der Waals surface area contributed by atoms with E-state index in [9.17, 15) is 4.79 Å². The zero-order valence-corrected chi connectivity index (χ0v) is 11.0. The van der Waals surface area contributed by atoms with Crippen molar-refractivity contribution in [2.75, 3.05) is 18.8 Å². The lowest BCUT2D eigenvalue weighted by atomic mass is 9.83. The minimum absolute atomic E-state index is 0.177. The Morgan fingerprint density at radius 3 is 2.44 bits per heavy atom. The number of nitrogens with zero attached hydrogens (tertiary/aromatic N) is 1. The predicted molar refractivity (Wildman–Crippen MR) is 74.2 cm³/mol. The smallest absolute Gasteiger partial charge is 0.232 e. The second-order valence-corrected chi connectivity index (χ2v) is 5.26. The van der Waals surface area contributed by atoms with E-state index in [1.807, 2.05) is 43.0 Å². The van der Waals surface area contributed by atoms with E-state index in [0.717, 1.165) is 30.8 Å². The molecule has 1 aliphatic rings. The van der Waals surface area contributed by atoms with Crippen molar-refractivity contribution >= 4 is 11.6 Å². The quantitative estimate of drug-likeness (QED) is 0.641. The maximum atomic E-state index is 12.6. The van der Waals surface area contributed by atoms with Crippen LogP contribution in [0.3, 0.4) is 0 Å². The van der Waals surface area contributed by atoms with E-state index in [0.29, 0.717) is 0 Å². The average Bonchev–Trinajstić information content (AvgIpc) is 2.39. The van der Waals surface area contributed by atoms with E-state index < -0.39 is 5.41 Å². The van der Waals surface area contributed by atoms with Gasteiger partial charge in [-0.3, -0.25) is 4.79 Å². The van der Waals surface area contributed by atoms with E-state index in [2.05, 4.69) is 12.2 Å². The van der Waals surface area contributed by atoms with E-state index in [1.54, 1.807) is 0 Å². The molecule has 3 heteroatoms. The van der Waals surface area contributed by atoms with Crippen LogP contribution >= 0.6 is 0 Å². The van der Waals surface area contributed by atoms with Gasteiger partial charge in [-0.25, -0.2) is 0 Å². The molecule has 1 heterocycles. The lowest BCUT2D eigenvalue weighted by molar-refractivity contribution is -0.135. The maximum absolute atomic E-state index is 12.6. The highest BCUT2D eigenvalue weighted by molar-refractivity contribution is 5.87. The van der Waals surface area contributed by atoms with Gasteiger partial charge in [0, 0.05) is 18.8 Å². The van der Waals surface area contributed by atoms with Crippen LogP contribution in [0.15, 0.2) is 36.4 Å². The number of carbonyl (C=O) groups excluding carboxylic acids is 1. The number of carbonyl (C=O) groups is 1. The van der Waals surface area contributed by atoms with Crippen LogP contribution in [-0.4, -0.2) is 23.9 Å². The molecule has 1 aromatic carbocycles. The molecule has 1 aliphatic heterocycles. The summed E-state index contributed by atoms with van der Waals surface area (Å²) >= 11 is 0. The summed E-state index contributed by atoms with van der Waals surface area (Å²) in [6.45, 7) is 5.48. The van der Waals surface area contributed by atoms with Crippen molar-refractivity contribution in [3.05, 3.63) is 42.0 Å². The van der Waals surface area contributed by atoms with Gasteiger partial charge in [-0.05, 0) is 38.0 Å². The Bertz CT molecular complexity index is 460. The first-order chi connectivity index (χ1) is 8.51. The Morgan fingerprint density at radius 1 is 1.22 bits per heavy atom. The normalized spacial score (nSPS) is 15.8. The highest BCUT2D eigenvalue weighted by Gasteiger charge is 2.33. The summed E-state index contributed by atoms with van der Waals surface area (Å²) in [5.74, 6) is 0.177. The molecule has 1 aromatic rings. The first-order valence-corrected chi connectivity index (χ1v) is 6.32. The number of amides is 1. The summed E-state index contributed by atoms with van der Waals surface area (Å²) in [5, 5.41) is 0. The minimum Gasteiger partial charge on any atom is -0.399 e. The molecular formula is C15H20N2O. The van der Waals surface area contributed by atoms with Crippen LogP contribution in [0.1, 0.15) is 25.8 Å². The van der Waals surface area contributed by atoms with Gasteiger partial charge >= 0.3 is 0 Å². The molecule has 0 saturated heterocycles. The van der Waals surface area contributed by atoms with Crippen LogP contribution in [0, 0.1) is 0 Å². The van der Waals surface area contributed by atoms with Gasteiger partial charge in [0.1, 0.15) is 0 Å². The molecule has 0 bridgehead atoms. The van der Waals surface area contributed by atoms with Gasteiger partial charge in [-0.2, -0.15) is 0 Å². The SMILES string of the molecule is CC(C)(C(=O)N1CC=CCC1)c1ccc(N)cc1. The summed E-state index contributed by atoms with van der Waals surface area (Å²) in [7, 11) is 0. The highest BCUT2D eigenvalue weighted by atomic mass is 16.2. The zero-order valence-electron chi connectivity index (χ0n) is 11.0. The van der Waals surface area contributed by atoms with E-state index >= 15 is 0 Å². The Hall–Kier alpha value is -1.77. The van der Waals surface area contributed by atoms with Crippen molar-refractivity contribution in [2.45, 2.75) is 25.7 Å². The molecule has 96 valence electrons. The molecule has 3 nitrogen and oxygen atoms in total. The van der Waals surface area contributed by atoms with E-state index in [-0.39, 0.29) is 5.91 Å². The molecule has 1 amide bonds. The second-order valence-electron chi connectivity index (χ2n) is 5.26. The molecule has 0 saturated carbocycles. The van der Waals surface area contributed by atoms with E-state index in [1.165, 1.54) is 0 Å². The molecule has 0 aliphatic carbocycles. The van der Waals surface area contributed by atoms with Gasteiger partial charge < -0.3 is 10.6 Å². The number of hydrogen-bond acceptors (Lipinski definition) is 2. The number of nitrogens with two attached hydrogens (primary N) is 1. The standard InChI is InChI=1S/C15H20N2O/c1-15(2,12-6-8-13(16)9-7-12)14(18)17-10-4-3-5-11-17/h3-4,6-9H,5,10-11,16H2,1-2H3. The fourth-order valence-electron chi connectivity index (χ4n) is 2.24. The third-order valence-corrected chi connectivity index (χ3v) is 3.51. The lowest BCUT2D eigenvalue weighted by Gasteiger charge is -2.33. The van der Waals surface area contributed by atoms with Crippen molar-refractivity contribution in [3.8, 4) is 0 Å². The molecule has 0 fully saturated rings. The Kier molecular flexibility index (Phi) is 3.41. The van der Waals surface area contributed by atoms with Crippen LogP contribution in [-0.2, 0) is 10.2 Å². The summed E-state index contributed by atoms with van der Waals surface area (Å²) in [6, 6.07) is 7.57. The molecule has 0 unspecified atom stereocenters. The molecule has 0 atom stereocenters. The molecule has 0 radical (unpaired) electrons. The minimum atomic E-state index is -0.501. The second kappa shape index (κ2) is 4.84. The summed E-state index contributed by atoms with van der Waals surface area (Å²) < 4.78 is 0. The first kappa shape index (κ1) is 12.7. The fraction of sp³-hybridized carbons (Fsp3) is 0.400. The number of hydrogen-bond donors (Lipinski definition) is 1. The van der Waals surface area contributed by atoms with Crippen molar-refractivity contribution in [3.63, 3.8) is 0 Å². The molecule has 2 N–H and O–H groups in total. The van der Waals surface area contributed by atoms with Crippen molar-refractivity contribution in [1.29, 1.82) is 0 Å². The summed E-state index contributed by atoms with van der Waals surface area (Å²) in [5.41, 5.74) is 6.92. The third kappa shape index (κ3) is 2.40. The van der Waals surface area contributed by atoms with Gasteiger partial charge in [0.05, 0.1) is 5.41 Å². The molecule has 18 heavy (non-hydrogen) atoms. The largest absolute Gasteiger partial charge is 0.399 e. The Balaban J connectivity index is 2.21. The van der Waals surface area contributed by atoms with Gasteiger partial charge in [0.25, 0.3) is 0 Å². The van der Waals surface area contributed by atoms with Gasteiger partial charge in [-0.1, -0.05) is 24.3 Å². The lowest BCUT2D eigenvalue weighted by Crippen LogP contribution is -2.44. The number of anilines is 1. The number of rotatable bonds is 2. The molecule has 0 spiro atoms. The van der Waals surface area contributed by atoms with Crippen LogP contribution in [0.5, 0.6) is 0 Å². The first-order valence-electron chi connectivity index (χ1n) is 6.32. The Morgan fingerprint density at radius 2 is 1.89 bits per heavy atom. The average molecular weight is 244 g/mol. The molecular weight excluding hydrogens is 224 g/mol. The topological polar surface area (TPSA) is 46.3 Å². The maximum Gasteiger partial charge on any atom is 0.232 e. The summed E-state index contributed by atoms with van der Waals surface area (Å²) in [6.07, 6.45) is 5.13. The fourth-order valence-corrected chi connectivity index (χ4v) is 2.24. The monoisotopic (exact) mass is 244 g/mol. The van der Waals surface area contributed by atoms with E-state index in [4.69, 9.17) is 5.73 Å². The summed E-state index contributed by atoms with van der Waals surface area (Å²) in [4.78, 5) is 14.5. The third-order valence-electron chi connectivity index (χ3n) is 3.51. The van der Waals surface area contributed by atoms with Crippen molar-refractivity contribution in [2.24, 2.45) is 0 Å². The zero-order chi connectivity index (χ0) is 13.2. The molecule has 0 aromatic heterocycles. The van der Waals surface area contributed by atoms with Crippen LogP contribution < -0.4 is 5.73 Å². The number of nitrogen functional groups attached to an aromatic ring is 1.